The van der Waals surface area contributed by atoms with Gasteiger partial charge in [-0.15, -0.1) is 0 Å². The van der Waals surface area contributed by atoms with Gasteiger partial charge in [-0.2, -0.15) is 0 Å². The smallest absolute Gasteiger partial charge is 0.312 e. The van der Waals surface area contributed by atoms with Crippen LogP contribution in [0.1, 0.15) is 12.8 Å². The van der Waals surface area contributed by atoms with E-state index < -0.39 is 4.92 Å². The number of benzene rings is 1. The molecular formula is C12H15ClN2O3. The van der Waals surface area contributed by atoms with Gasteiger partial charge in [0.2, 0.25) is 0 Å². The Morgan fingerprint density at radius 3 is 3.06 bits per heavy atom. The zero-order valence-electron chi connectivity index (χ0n) is 9.89. The normalized spacial score (nSPS) is 18.8. The molecule has 0 aromatic heterocycles. The largest absolute Gasteiger partial charge is 0.487 e. The summed E-state index contributed by atoms with van der Waals surface area (Å²) in [6, 6.07) is 4.46. The van der Waals surface area contributed by atoms with E-state index in [4.69, 9.17) is 16.3 Å². The molecule has 0 aliphatic carbocycles. The average molecular weight is 271 g/mol. The third-order valence-electron chi connectivity index (χ3n) is 3.06. The van der Waals surface area contributed by atoms with Crippen molar-refractivity contribution in [2.75, 3.05) is 19.7 Å². The summed E-state index contributed by atoms with van der Waals surface area (Å²) in [6.07, 6.45) is 2.05. The number of halogens is 1. The molecule has 1 atom stereocenters. The Morgan fingerprint density at radius 1 is 1.56 bits per heavy atom. The molecule has 6 heteroatoms. The van der Waals surface area contributed by atoms with Gasteiger partial charge in [0.15, 0.2) is 5.75 Å². The minimum Gasteiger partial charge on any atom is -0.487 e. The van der Waals surface area contributed by atoms with Crippen LogP contribution in [0.2, 0.25) is 5.02 Å². The highest BCUT2D eigenvalue weighted by molar-refractivity contribution is 6.30. The second-order valence-corrected chi connectivity index (χ2v) is 4.80. The van der Waals surface area contributed by atoms with Crippen molar-refractivity contribution in [3.05, 3.63) is 33.3 Å². The highest BCUT2D eigenvalue weighted by Crippen LogP contribution is 2.30. The summed E-state index contributed by atoms with van der Waals surface area (Å²) in [5.41, 5.74) is -0.0768. The van der Waals surface area contributed by atoms with E-state index >= 15 is 0 Å². The molecule has 98 valence electrons. The summed E-state index contributed by atoms with van der Waals surface area (Å²) >= 11 is 5.73. The molecule has 1 fully saturated rings. The Hall–Kier alpha value is -1.33. The van der Waals surface area contributed by atoms with Crippen molar-refractivity contribution in [3.63, 3.8) is 0 Å². The summed E-state index contributed by atoms with van der Waals surface area (Å²) in [4.78, 5) is 10.4. The van der Waals surface area contributed by atoms with Gasteiger partial charge in [0.25, 0.3) is 0 Å². The molecule has 0 amide bonds. The zero-order chi connectivity index (χ0) is 13.0. The summed E-state index contributed by atoms with van der Waals surface area (Å²) in [7, 11) is 0. The summed E-state index contributed by atoms with van der Waals surface area (Å²) in [6.45, 7) is 2.55. The Morgan fingerprint density at radius 2 is 2.39 bits per heavy atom. The van der Waals surface area contributed by atoms with E-state index in [1.54, 1.807) is 12.1 Å². The fourth-order valence-corrected chi connectivity index (χ4v) is 2.22. The SMILES string of the molecule is O=[N+]([O-])c1cc(Cl)ccc1OCCC1CCNC1. The van der Waals surface area contributed by atoms with Gasteiger partial charge in [-0.05, 0) is 44.0 Å². The van der Waals surface area contributed by atoms with E-state index in [2.05, 4.69) is 5.32 Å². The number of ether oxygens (including phenoxy) is 1. The molecule has 1 unspecified atom stereocenters. The molecule has 1 aromatic carbocycles. The van der Waals surface area contributed by atoms with Gasteiger partial charge in [-0.1, -0.05) is 11.6 Å². The highest BCUT2D eigenvalue weighted by Gasteiger charge is 2.17. The lowest BCUT2D eigenvalue weighted by Gasteiger charge is -2.10. The predicted molar refractivity (Wildman–Crippen MR) is 69.2 cm³/mol. The molecule has 18 heavy (non-hydrogen) atoms. The van der Waals surface area contributed by atoms with Crippen molar-refractivity contribution < 1.29 is 9.66 Å². The van der Waals surface area contributed by atoms with Crippen molar-refractivity contribution in [1.82, 2.24) is 5.32 Å². The fourth-order valence-electron chi connectivity index (χ4n) is 2.05. The molecule has 0 radical (unpaired) electrons. The fraction of sp³-hybridized carbons (Fsp3) is 0.500. The molecule has 1 aromatic rings. The highest BCUT2D eigenvalue weighted by atomic mass is 35.5. The predicted octanol–water partition coefficient (Wildman–Crippen LogP) is 2.63. The first-order chi connectivity index (χ1) is 8.66. The topological polar surface area (TPSA) is 64.4 Å². The van der Waals surface area contributed by atoms with Gasteiger partial charge < -0.3 is 10.1 Å². The van der Waals surface area contributed by atoms with Crippen LogP contribution in [-0.4, -0.2) is 24.6 Å². The number of nitro benzene ring substituents is 1. The molecule has 1 aliphatic rings. The van der Waals surface area contributed by atoms with Gasteiger partial charge in [0.1, 0.15) is 0 Å². The Bertz CT molecular complexity index is 433. The number of hydrogen-bond donors (Lipinski definition) is 1. The molecule has 0 saturated carbocycles. The minimum atomic E-state index is -0.474. The van der Waals surface area contributed by atoms with E-state index in [1.807, 2.05) is 0 Å². The van der Waals surface area contributed by atoms with E-state index in [1.165, 1.54) is 6.07 Å². The molecule has 0 spiro atoms. The number of rotatable bonds is 5. The molecule has 1 heterocycles. The lowest BCUT2D eigenvalue weighted by atomic mass is 10.1. The molecule has 5 nitrogen and oxygen atoms in total. The Kier molecular flexibility index (Phi) is 4.38. The van der Waals surface area contributed by atoms with Crippen molar-refractivity contribution in [1.29, 1.82) is 0 Å². The van der Waals surface area contributed by atoms with Gasteiger partial charge in [0, 0.05) is 11.1 Å². The van der Waals surface area contributed by atoms with Crippen LogP contribution in [0.5, 0.6) is 5.75 Å². The van der Waals surface area contributed by atoms with Crippen LogP contribution in [0.25, 0.3) is 0 Å². The van der Waals surface area contributed by atoms with Crippen molar-refractivity contribution in [2.45, 2.75) is 12.8 Å². The number of nitrogens with zero attached hydrogens (tertiary/aromatic N) is 1. The molecular weight excluding hydrogens is 256 g/mol. The van der Waals surface area contributed by atoms with Crippen LogP contribution in [0.15, 0.2) is 18.2 Å². The van der Waals surface area contributed by atoms with Gasteiger partial charge in [-0.25, -0.2) is 0 Å². The summed E-state index contributed by atoms with van der Waals surface area (Å²) in [5.74, 6) is 0.895. The zero-order valence-corrected chi connectivity index (χ0v) is 10.7. The van der Waals surface area contributed by atoms with Crippen LogP contribution in [-0.2, 0) is 0 Å². The molecule has 1 saturated heterocycles. The molecule has 1 N–H and O–H groups in total. The number of nitro groups is 1. The summed E-state index contributed by atoms with van der Waals surface area (Å²) < 4.78 is 5.49. The molecule has 0 bridgehead atoms. The van der Waals surface area contributed by atoms with Crippen LogP contribution in [0.3, 0.4) is 0 Å². The average Bonchev–Trinajstić information content (AvgIpc) is 2.84. The van der Waals surface area contributed by atoms with E-state index in [9.17, 15) is 10.1 Å². The second-order valence-electron chi connectivity index (χ2n) is 4.37. The maximum atomic E-state index is 10.9. The van der Waals surface area contributed by atoms with Gasteiger partial charge in [-0.3, -0.25) is 10.1 Å². The first kappa shape index (κ1) is 13.1. The molecule has 2 rings (SSSR count). The Balaban J connectivity index is 1.93. The third-order valence-corrected chi connectivity index (χ3v) is 3.30. The van der Waals surface area contributed by atoms with Gasteiger partial charge >= 0.3 is 5.69 Å². The monoisotopic (exact) mass is 270 g/mol. The molecule has 1 aliphatic heterocycles. The van der Waals surface area contributed by atoms with E-state index in [0.29, 0.717) is 17.5 Å². The second kappa shape index (κ2) is 6.02. The standard InChI is InChI=1S/C12H15ClN2O3/c13-10-1-2-12(11(7-10)15(16)17)18-6-4-9-3-5-14-8-9/h1-2,7,9,14H,3-6,8H2. The van der Waals surface area contributed by atoms with Crippen LogP contribution < -0.4 is 10.1 Å². The van der Waals surface area contributed by atoms with E-state index in [-0.39, 0.29) is 11.4 Å². The van der Waals surface area contributed by atoms with Crippen molar-refractivity contribution in [3.8, 4) is 5.75 Å². The first-order valence-electron chi connectivity index (χ1n) is 5.94. The van der Waals surface area contributed by atoms with Crippen molar-refractivity contribution >= 4 is 17.3 Å². The maximum Gasteiger partial charge on any atom is 0.312 e. The number of nitrogens with one attached hydrogen (secondary N) is 1. The van der Waals surface area contributed by atoms with Crippen LogP contribution >= 0.6 is 11.6 Å². The van der Waals surface area contributed by atoms with Crippen LogP contribution in [0.4, 0.5) is 5.69 Å². The Labute approximate surface area is 110 Å². The maximum absolute atomic E-state index is 10.9. The first-order valence-corrected chi connectivity index (χ1v) is 6.32. The summed E-state index contributed by atoms with van der Waals surface area (Å²) in [5, 5.41) is 14.5. The van der Waals surface area contributed by atoms with Crippen LogP contribution in [0, 0.1) is 16.0 Å². The lowest BCUT2D eigenvalue weighted by Crippen LogP contribution is -2.12. The number of hydrogen-bond acceptors (Lipinski definition) is 4. The third kappa shape index (κ3) is 3.34. The minimum absolute atomic E-state index is 0.0768. The lowest BCUT2D eigenvalue weighted by molar-refractivity contribution is -0.385. The quantitative estimate of drug-likeness (QED) is 0.660. The van der Waals surface area contributed by atoms with Crippen molar-refractivity contribution in [2.24, 2.45) is 5.92 Å². The van der Waals surface area contributed by atoms with E-state index in [0.717, 1.165) is 25.9 Å². The van der Waals surface area contributed by atoms with Gasteiger partial charge in [0.05, 0.1) is 11.5 Å².